The van der Waals surface area contributed by atoms with Crippen LogP contribution in [0.15, 0.2) is 12.7 Å². The highest BCUT2D eigenvalue weighted by molar-refractivity contribution is 7.99. The molecule has 0 aromatic carbocycles. The van der Waals surface area contributed by atoms with Crippen molar-refractivity contribution in [2.24, 2.45) is 0 Å². The maximum absolute atomic E-state index is 13.1. The Bertz CT molecular complexity index is 668. The van der Waals surface area contributed by atoms with Crippen LogP contribution in [0.5, 0.6) is 0 Å². The molecule has 1 atom stereocenters. The summed E-state index contributed by atoms with van der Waals surface area (Å²) in [6.45, 7) is 12.0. The Labute approximate surface area is 173 Å². The molecule has 156 valence electrons. The lowest BCUT2D eigenvalue weighted by molar-refractivity contribution is 0.0763. The van der Waals surface area contributed by atoms with Crippen LogP contribution in [0.1, 0.15) is 48.4 Å². The molecule has 2 heterocycles. The van der Waals surface area contributed by atoms with Crippen LogP contribution in [0.3, 0.4) is 0 Å². The number of allylic oxidation sites excluding steroid dienone is 1. The van der Waals surface area contributed by atoms with E-state index in [0.29, 0.717) is 18.3 Å². The predicted octanol–water partition coefficient (Wildman–Crippen LogP) is 2.52. The molecule has 1 aliphatic carbocycles. The summed E-state index contributed by atoms with van der Waals surface area (Å²) in [7, 11) is 0. The fourth-order valence-electron chi connectivity index (χ4n) is 3.92. The number of hydrogen-bond donors (Lipinski definition) is 1. The van der Waals surface area contributed by atoms with Crippen LogP contribution in [0.2, 0.25) is 0 Å². The van der Waals surface area contributed by atoms with E-state index in [1.165, 1.54) is 5.69 Å². The van der Waals surface area contributed by atoms with Crippen molar-refractivity contribution < 1.29 is 9.53 Å². The van der Waals surface area contributed by atoms with Crippen molar-refractivity contribution in [1.29, 1.82) is 0 Å². The third-order valence-corrected chi connectivity index (χ3v) is 6.30. The third kappa shape index (κ3) is 5.39. The van der Waals surface area contributed by atoms with Crippen molar-refractivity contribution in [2.45, 2.75) is 58.2 Å². The van der Waals surface area contributed by atoms with Crippen molar-refractivity contribution in [2.75, 3.05) is 37.7 Å². The first-order chi connectivity index (χ1) is 13.6. The fourth-order valence-corrected chi connectivity index (χ4v) is 4.82. The Balaban J connectivity index is 1.66. The van der Waals surface area contributed by atoms with Crippen LogP contribution in [0, 0.1) is 0 Å². The summed E-state index contributed by atoms with van der Waals surface area (Å²) in [4.78, 5) is 15.1. The van der Waals surface area contributed by atoms with Crippen LogP contribution >= 0.6 is 11.8 Å². The van der Waals surface area contributed by atoms with E-state index in [1.54, 1.807) is 0 Å². The summed E-state index contributed by atoms with van der Waals surface area (Å²) < 4.78 is 7.61. The average Bonchev–Trinajstić information content (AvgIpc) is 3.06. The van der Waals surface area contributed by atoms with Gasteiger partial charge in [-0.15, -0.1) is 6.58 Å². The topological polar surface area (TPSA) is 59.4 Å². The first-order valence-corrected chi connectivity index (χ1v) is 11.7. The molecular formula is C21H34N4O2S. The van der Waals surface area contributed by atoms with E-state index < -0.39 is 0 Å². The van der Waals surface area contributed by atoms with Gasteiger partial charge in [0.1, 0.15) is 0 Å². The largest absolute Gasteiger partial charge is 0.379 e. The van der Waals surface area contributed by atoms with Gasteiger partial charge >= 0.3 is 0 Å². The first-order valence-electron chi connectivity index (χ1n) is 10.5. The summed E-state index contributed by atoms with van der Waals surface area (Å²) in [5.41, 5.74) is 3.03. The van der Waals surface area contributed by atoms with E-state index in [4.69, 9.17) is 9.84 Å². The standard InChI is InChI=1S/C21H34N4O2S/c1-4-9-25-19-7-6-17(22-8-5-12-27-16(2)3)15-18(19)20(23-25)21(26)24-10-13-28-14-11-24/h4,16-17,22H,1,5-15H2,2-3H3/t17-/m1/s1. The Kier molecular flexibility index (Phi) is 8.00. The van der Waals surface area contributed by atoms with Crippen molar-refractivity contribution in [3.05, 3.63) is 29.6 Å². The number of nitrogens with zero attached hydrogens (tertiary/aromatic N) is 3. The van der Waals surface area contributed by atoms with Crippen LogP contribution < -0.4 is 5.32 Å². The van der Waals surface area contributed by atoms with Crippen LogP contribution in [0.4, 0.5) is 0 Å². The van der Waals surface area contributed by atoms with Crippen molar-refractivity contribution in [1.82, 2.24) is 20.0 Å². The van der Waals surface area contributed by atoms with E-state index in [-0.39, 0.29) is 12.0 Å². The van der Waals surface area contributed by atoms with Gasteiger partial charge in [-0.1, -0.05) is 6.08 Å². The molecule has 1 aromatic rings. The number of amides is 1. The minimum absolute atomic E-state index is 0.102. The lowest BCUT2D eigenvalue weighted by Crippen LogP contribution is -2.40. The van der Waals surface area contributed by atoms with Gasteiger partial charge in [-0.2, -0.15) is 16.9 Å². The maximum atomic E-state index is 13.1. The predicted molar refractivity (Wildman–Crippen MR) is 115 cm³/mol. The summed E-state index contributed by atoms with van der Waals surface area (Å²) >= 11 is 1.92. The summed E-state index contributed by atoms with van der Waals surface area (Å²) in [6, 6.07) is 0.399. The number of ether oxygens (including phenoxy) is 1. The molecule has 0 bridgehead atoms. The summed E-state index contributed by atoms with van der Waals surface area (Å²) in [6.07, 6.45) is 6.07. The normalized spacial score (nSPS) is 19.7. The van der Waals surface area contributed by atoms with E-state index in [9.17, 15) is 4.79 Å². The lowest BCUT2D eigenvalue weighted by atomic mass is 9.91. The van der Waals surface area contributed by atoms with Gasteiger partial charge in [0.2, 0.25) is 0 Å². The molecule has 1 amide bonds. The number of aromatic nitrogens is 2. The molecule has 2 aliphatic rings. The average molecular weight is 407 g/mol. The van der Waals surface area contributed by atoms with Gasteiger partial charge in [-0.3, -0.25) is 9.48 Å². The second kappa shape index (κ2) is 10.5. The van der Waals surface area contributed by atoms with E-state index in [2.05, 4.69) is 25.7 Å². The van der Waals surface area contributed by atoms with Gasteiger partial charge in [0.15, 0.2) is 5.69 Å². The van der Waals surface area contributed by atoms with Gasteiger partial charge in [-0.05, 0) is 46.1 Å². The van der Waals surface area contributed by atoms with Gasteiger partial charge in [-0.25, -0.2) is 0 Å². The van der Waals surface area contributed by atoms with E-state index >= 15 is 0 Å². The molecule has 0 spiro atoms. The lowest BCUT2D eigenvalue weighted by Gasteiger charge is -2.27. The third-order valence-electron chi connectivity index (χ3n) is 5.35. The number of carbonyl (C=O) groups excluding carboxylic acids is 1. The molecule has 0 radical (unpaired) electrons. The second-order valence-corrected chi connectivity index (χ2v) is 9.04. The van der Waals surface area contributed by atoms with Gasteiger partial charge < -0.3 is 15.0 Å². The molecule has 0 saturated carbocycles. The molecule has 7 heteroatoms. The van der Waals surface area contributed by atoms with Crippen molar-refractivity contribution in [3.8, 4) is 0 Å². The molecular weight excluding hydrogens is 372 g/mol. The number of fused-ring (bicyclic) bond motifs is 1. The zero-order valence-electron chi connectivity index (χ0n) is 17.3. The fraction of sp³-hybridized carbons (Fsp3) is 0.714. The van der Waals surface area contributed by atoms with Crippen molar-refractivity contribution in [3.63, 3.8) is 0 Å². The molecule has 0 unspecified atom stereocenters. The van der Waals surface area contributed by atoms with Gasteiger partial charge in [0.25, 0.3) is 5.91 Å². The minimum atomic E-state index is 0.102. The molecule has 3 rings (SSSR count). The van der Waals surface area contributed by atoms with Crippen LogP contribution in [-0.4, -0.2) is 70.5 Å². The minimum Gasteiger partial charge on any atom is -0.379 e. The smallest absolute Gasteiger partial charge is 0.274 e. The zero-order chi connectivity index (χ0) is 19.9. The number of nitrogens with one attached hydrogen (secondary N) is 1. The highest BCUT2D eigenvalue weighted by Crippen LogP contribution is 2.26. The molecule has 1 aliphatic heterocycles. The highest BCUT2D eigenvalue weighted by Gasteiger charge is 2.31. The van der Waals surface area contributed by atoms with Crippen LogP contribution in [0.25, 0.3) is 0 Å². The molecule has 1 fully saturated rings. The molecule has 28 heavy (non-hydrogen) atoms. The Morgan fingerprint density at radius 2 is 2.21 bits per heavy atom. The summed E-state index contributed by atoms with van der Waals surface area (Å²) in [5.74, 6) is 2.14. The SMILES string of the molecule is C=CCn1nc(C(=O)N2CCSCC2)c2c1CC[C@@H](NCCCOC(C)C)C2. The number of rotatable bonds is 9. The molecule has 1 saturated heterocycles. The Morgan fingerprint density at radius 3 is 2.93 bits per heavy atom. The van der Waals surface area contributed by atoms with E-state index in [0.717, 1.165) is 69.0 Å². The van der Waals surface area contributed by atoms with Crippen molar-refractivity contribution >= 4 is 17.7 Å². The van der Waals surface area contributed by atoms with Gasteiger partial charge in [0, 0.05) is 48.5 Å². The number of hydrogen-bond acceptors (Lipinski definition) is 5. The molecule has 6 nitrogen and oxygen atoms in total. The van der Waals surface area contributed by atoms with Crippen LogP contribution in [-0.2, 0) is 24.1 Å². The summed E-state index contributed by atoms with van der Waals surface area (Å²) in [5, 5.41) is 8.38. The highest BCUT2D eigenvalue weighted by atomic mass is 32.2. The van der Waals surface area contributed by atoms with Gasteiger partial charge in [0.05, 0.1) is 12.6 Å². The first kappa shape index (κ1) is 21.4. The molecule has 1 N–H and O–H groups in total. The number of carbonyl (C=O) groups is 1. The maximum Gasteiger partial charge on any atom is 0.274 e. The zero-order valence-corrected chi connectivity index (χ0v) is 18.1. The quantitative estimate of drug-likeness (QED) is 0.504. The Hall–Kier alpha value is -1.31. The monoisotopic (exact) mass is 406 g/mol. The second-order valence-electron chi connectivity index (χ2n) is 7.82. The molecule has 1 aromatic heterocycles. The Morgan fingerprint density at radius 1 is 1.43 bits per heavy atom. The van der Waals surface area contributed by atoms with E-state index in [1.807, 2.05) is 27.4 Å². The number of thioether (sulfide) groups is 1.